The van der Waals surface area contributed by atoms with E-state index in [1.54, 1.807) is 35.9 Å². The van der Waals surface area contributed by atoms with Gasteiger partial charge in [0.2, 0.25) is 11.8 Å². The van der Waals surface area contributed by atoms with E-state index in [-0.39, 0.29) is 35.2 Å². The molecule has 0 aliphatic rings. The molecule has 3 rings (SSSR count). The first-order valence-corrected chi connectivity index (χ1v) is 10.8. The molecule has 3 N–H and O–H groups in total. The van der Waals surface area contributed by atoms with Crippen molar-refractivity contribution in [2.24, 2.45) is 0 Å². The van der Waals surface area contributed by atoms with Gasteiger partial charge in [-0.25, -0.2) is 4.68 Å². The second-order valence-corrected chi connectivity index (χ2v) is 8.39. The number of amides is 1. The predicted molar refractivity (Wildman–Crippen MR) is 125 cm³/mol. The van der Waals surface area contributed by atoms with E-state index in [0.29, 0.717) is 22.6 Å². The first-order valence-electron chi connectivity index (χ1n) is 10.8. The largest absolute Gasteiger partial charge is 0.389 e. The Bertz CT molecular complexity index is 1270. The first-order chi connectivity index (χ1) is 16.4. The summed E-state index contributed by atoms with van der Waals surface area (Å²) in [5, 5.41) is 20.2. The second-order valence-electron chi connectivity index (χ2n) is 8.39. The van der Waals surface area contributed by atoms with E-state index in [9.17, 15) is 23.2 Å². The number of carbonyl (C=O) groups is 1. The van der Waals surface area contributed by atoms with E-state index in [4.69, 9.17) is 10.3 Å². The molecule has 0 aliphatic heterocycles. The van der Waals surface area contributed by atoms with Gasteiger partial charge >= 0.3 is 6.18 Å². The Labute approximate surface area is 200 Å². The molecule has 2 aromatic heterocycles. The van der Waals surface area contributed by atoms with Gasteiger partial charge in [-0.15, -0.1) is 0 Å². The van der Waals surface area contributed by atoms with Gasteiger partial charge in [-0.1, -0.05) is 36.0 Å². The highest BCUT2D eigenvalue weighted by Gasteiger charge is 2.27. The van der Waals surface area contributed by atoms with Crippen LogP contribution in [-0.2, 0) is 4.79 Å². The zero-order valence-corrected chi connectivity index (χ0v) is 19.5. The van der Waals surface area contributed by atoms with Gasteiger partial charge in [0.05, 0.1) is 5.92 Å². The van der Waals surface area contributed by atoms with Gasteiger partial charge in [0.15, 0.2) is 0 Å². The average Bonchev–Trinajstić information content (AvgIpc) is 3.40. The summed E-state index contributed by atoms with van der Waals surface area (Å²) in [6.45, 7) is 9.11. The molecule has 0 fully saturated rings. The fourth-order valence-corrected chi connectivity index (χ4v) is 3.39. The van der Waals surface area contributed by atoms with Crippen molar-refractivity contribution in [1.82, 2.24) is 14.9 Å². The maximum atomic E-state index is 12.7. The normalized spacial score (nSPS) is 12.4. The molecular formula is C24H25F3N6O2. The van der Waals surface area contributed by atoms with Crippen molar-refractivity contribution in [3.05, 3.63) is 53.7 Å². The van der Waals surface area contributed by atoms with Crippen LogP contribution in [0.2, 0.25) is 0 Å². The molecule has 11 heteroatoms. The number of rotatable bonds is 8. The molecule has 1 atom stereocenters. The fraction of sp³-hybridized carbons (Fsp3) is 0.333. The Balaban J connectivity index is 1.69. The van der Waals surface area contributed by atoms with Crippen LogP contribution in [-0.4, -0.2) is 27.0 Å². The van der Waals surface area contributed by atoms with Gasteiger partial charge in [0.1, 0.15) is 28.8 Å². The number of hydrogen-bond acceptors (Lipinski definition) is 6. The van der Waals surface area contributed by atoms with E-state index in [2.05, 4.69) is 28.2 Å². The maximum Gasteiger partial charge on any atom is 0.389 e. The minimum atomic E-state index is -4.30. The number of aromatic nitrogens is 3. The number of anilines is 2. The topological polar surface area (TPSA) is 123 Å². The Morgan fingerprint density at radius 1 is 1.29 bits per heavy atom. The van der Waals surface area contributed by atoms with Gasteiger partial charge in [-0.3, -0.25) is 10.1 Å². The van der Waals surface area contributed by atoms with Crippen LogP contribution in [0, 0.1) is 11.3 Å². The van der Waals surface area contributed by atoms with E-state index in [1.165, 1.54) is 6.07 Å². The molecule has 3 aromatic rings. The van der Waals surface area contributed by atoms with E-state index >= 15 is 0 Å². The summed E-state index contributed by atoms with van der Waals surface area (Å²) < 4.78 is 43.8. The molecule has 0 saturated carbocycles. The Kier molecular flexibility index (Phi) is 7.34. The zero-order chi connectivity index (χ0) is 25.9. The summed E-state index contributed by atoms with van der Waals surface area (Å²) in [4.78, 5) is 12.7. The van der Waals surface area contributed by atoms with Crippen LogP contribution in [0.4, 0.5) is 24.9 Å². The molecule has 0 radical (unpaired) electrons. The number of nitrogens with one attached hydrogen (secondary N) is 1. The smallest absolute Gasteiger partial charge is 0.383 e. The Hall–Kier alpha value is -4.07. The highest BCUT2D eigenvalue weighted by atomic mass is 19.4. The summed E-state index contributed by atoms with van der Waals surface area (Å²) in [5.41, 5.74) is 8.48. The van der Waals surface area contributed by atoms with E-state index in [0.717, 1.165) is 0 Å². The summed E-state index contributed by atoms with van der Waals surface area (Å²) in [7, 11) is 0. The lowest BCUT2D eigenvalue weighted by Crippen LogP contribution is -2.18. The van der Waals surface area contributed by atoms with Crippen LogP contribution in [0.5, 0.6) is 0 Å². The number of nitrogens with zero attached hydrogens (tertiary/aromatic N) is 4. The second kappa shape index (κ2) is 10.0. The van der Waals surface area contributed by atoms with Crippen LogP contribution in [0.1, 0.15) is 62.4 Å². The van der Waals surface area contributed by atoms with Crippen LogP contribution in [0.25, 0.3) is 16.8 Å². The lowest BCUT2D eigenvalue weighted by atomic mass is 9.97. The van der Waals surface area contributed by atoms with Crippen molar-refractivity contribution in [3.8, 4) is 17.3 Å². The molecule has 0 bridgehead atoms. The van der Waals surface area contributed by atoms with Gasteiger partial charge in [-0.2, -0.15) is 23.5 Å². The number of hydrogen-bond donors (Lipinski definition) is 2. The molecule has 1 amide bonds. The summed E-state index contributed by atoms with van der Waals surface area (Å²) >= 11 is 0. The molecule has 184 valence electrons. The standard InChI is InChI=1S/C24H25F3N6O2/c1-13(2)33-22(29)18(12-28)21(31-33)17-7-5-16(6-8-17)15(4)23(34)30-20-11-19(32-35-20)14(3)9-10-24(25,26)27/h5-8,11,13,15H,3,9-10,29H2,1-2,4H3,(H,30,34). The number of allylic oxidation sites excluding steroid dienone is 1. The fourth-order valence-electron chi connectivity index (χ4n) is 3.39. The SMILES string of the molecule is C=C(CCC(F)(F)F)c1cc(NC(=O)C(C)c2ccc(-c3nn(C(C)C)c(N)c3C#N)cc2)on1. The Morgan fingerprint density at radius 2 is 1.94 bits per heavy atom. The molecule has 0 spiro atoms. The quantitative estimate of drug-likeness (QED) is 0.423. The molecule has 0 saturated heterocycles. The molecule has 1 aromatic carbocycles. The summed E-state index contributed by atoms with van der Waals surface area (Å²) in [5.74, 6) is -0.677. The number of alkyl halides is 3. The summed E-state index contributed by atoms with van der Waals surface area (Å²) in [6, 6.07) is 10.4. The molecule has 0 aliphatic carbocycles. The molecule has 35 heavy (non-hydrogen) atoms. The van der Waals surface area contributed by atoms with E-state index < -0.39 is 24.4 Å². The maximum absolute atomic E-state index is 12.7. The van der Waals surface area contributed by atoms with Crippen LogP contribution in [0.15, 0.2) is 41.4 Å². The third-order valence-electron chi connectivity index (χ3n) is 5.45. The number of carbonyl (C=O) groups excluding carboxylic acids is 1. The Morgan fingerprint density at radius 3 is 2.51 bits per heavy atom. The third kappa shape index (κ3) is 5.90. The summed E-state index contributed by atoms with van der Waals surface area (Å²) in [6.07, 6.45) is -5.64. The number of benzene rings is 1. The van der Waals surface area contributed by atoms with Crippen LogP contribution < -0.4 is 11.1 Å². The number of nitrogens with two attached hydrogens (primary N) is 1. The van der Waals surface area contributed by atoms with Gasteiger partial charge in [-0.05, 0) is 38.3 Å². The number of nitriles is 1. The minimum Gasteiger partial charge on any atom is -0.383 e. The van der Waals surface area contributed by atoms with Crippen molar-refractivity contribution < 1.29 is 22.5 Å². The zero-order valence-electron chi connectivity index (χ0n) is 19.5. The van der Waals surface area contributed by atoms with Crippen LogP contribution >= 0.6 is 0 Å². The lowest BCUT2D eigenvalue weighted by molar-refractivity contribution is -0.133. The van der Waals surface area contributed by atoms with Gasteiger partial charge in [0.25, 0.3) is 0 Å². The molecule has 2 heterocycles. The average molecular weight is 486 g/mol. The van der Waals surface area contributed by atoms with Gasteiger partial charge < -0.3 is 10.3 Å². The van der Waals surface area contributed by atoms with Crippen LogP contribution in [0.3, 0.4) is 0 Å². The van der Waals surface area contributed by atoms with Crippen molar-refractivity contribution in [2.45, 2.75) is 51.7 Å². The van der Waals surface area contributed by atoms with E-state index in [1.807, 2.05) is 13.8 Å². The van der Waals surface area contributed by atoms with Crippen molar-refractivity contribution in [1.29, 1.82) is 5.26 Å². The molecule has 8 nitrogen and oxygen atoms in total. The third-order valence-corrected chi connectivity index (χ3v) is 5.45. The van der Waals surface area contributed by atoms with Crippen molar-refractivity contribution in [2.75, 3.05) is 11.1 Å². The van der Waals surface area contributed by atoms with Crippen molar-refractivity contribution >= 4 is 23.2 Å². The van der Waals surface area contributed by atoms with Crippen molar-refractivity contribution in [3.63, 3.8) is 0 Å². The number of nitrogen functional groups attached to an aromatic ring is 1. The monoisotopic (exact) mass is 486 g/mol. The molecule has 1 unspecified atom stereocenters. The first kappa shape index (κ1) is 25.6. The number of halogens is 3. The van der Waals surface area contributed by atoms with Gasteiger partial charge in [0, 0.05) is 24.1 Å². The molecular weight excluding hydrogens is 461 g/mol. The lowest BCUT2D eigenvalue weighted by Gasteiger charge is -2.11. The highest BCUT2D eigenvalue weighted by Crippen LogP contribution is 2.31. The minimum absolute atomic E-state index is 0.00925. The predicted octanol–water partition coefficient (Wildman–Crippen LogP) is 5.67. The highest BCUT2D eigenvalue weighted by molar-refractivity contribution is 5.94.